The van der Waals surface area contributed by atoms with Crippen LogP contribution in [-0.4, -0.2) is 25.9 Å². The minimum absolute atomic E-state index is 0.266. The van der Waals surface area contributed by atoms with Crippen LogP contribution in [-0.2, 0) is 12.7 Å². The third kappa shape index (κ3) is 4.00. The molecular weight excluding hydrogens is 418 g/mol. The minimum Gasteiger partial charge on any atom is -0.317 e. The Labute approximate surface area is 167 Å². The van der Waals surface area contributed by atoms with Crippen LogP contribution >= 0.6 is 23.2 Å². The zero-order valence-corrected chi connectivity index (χ0v) is 16.2. The Hall–Kier alpha value is -2.52. The van der Waals surface area contributed by atoms with Crippen molar-refractivity contribution in [2.45, 2.75) is 26.6 Å². The topological polar surface area (TPSA) is 75.6 Å². The number of aromatic amines is 1. The molecule has 0 radical (unpaired) electrons. The normalized spacial score (nSPS) is 11.7. The second kappa shape index (κ2) is 7.48. The van der Waals surface area contributed by atoms with E-state index in [2.05, 4.69) is 15.5 Å². The molecule has 2 heterocycles. The van der Waals surface area contributed by atoms with E-state index in [-0.39, 0.29) is 12.2 Å². The first-order valence-corrected chi connectivity index (χ1v) is 8.74. The molecule has 3 aromatic rings. The molecule has 0 saturated carbocycles. The monoisotopic (exact) mass is 431 g/mol. The molecule has 0 aliphatic carbocycles. The fraction of sp³-hybridized carbons (Fsp3) is 0.235. The lowest BCUT2D eigenvalue weighted by Gasteiger charge is -2.09. The van der Waals surface area contributed by atoms with Crippen molar-refractivity contribution in [2.75, 3.05) is 5.32 Å². The molecule has 1 amide bonds. The standard InChI is InChI=1S/C17H14Cl2F3N5O/c1-8-15(23-16(28)13-6-14(25-24-13)17(20,21)22)9(2)27(26-8)7-10-11(18)4-3-5-12(10)19/h3-6H,7H2,1-2H3,(H,23,28)(H,24,25). The van der Waals surface area contributed by atoms with E-state index in [0.717, 1.165) is 0 Å². The molecule has 2 N–H and O–H groups in total. The van der Waals surface area contributed by atoms with Crippen molar-refractivity contribution in [1.29, 1.82) is 0 Å². The van der Waals surface area contributed by atoms with Crippen molar-refractivity contribution in [3.8, 4) is 0 Å². The number of nitrogens with one attached hydrogen (secondary N) is 2. The predicted molar refractivity (Wildman–Crippen MR) is 98.8 cm³/mol. The van der Waals surface area contributed by atoms with Gasteiger partial charge in [-0.3, -0.25) is 14.6 Å². The predicted octanol–water partition coefficient (Wildman–Crippen LogP) is 4.85. The highest BCUT2D eigenvalue weighted by atomic mass is 35.5. The van der Waals surface area contributed by atoms with Crippen LogP contribution in [0.4, 0.5) is 18.9 Å². The van der Waals surface area contributed by atoms with Crippen molar-refractivity contribution in [1.82, 2.24) is 20.0 Å². The first-order chi connectivity index (χ1) is 13.1. The van der Waals surface area contributed by atoms with Gasteiger partial charge >= 0.3 is 6.18 Å². The van der Waals surface area contributed by atoms with E-state index in [4.69, 9.17) is 23.2 Å². The van der Waals surface area contributed by atoms with Crippen LogP contribution in [0.1, 0.15) is 33.1 Å². The molecule has 1 aromatic carbocycles. The van der Waals surface area contributed by atoms with Crippen LogP contribution < -0.4 is 5.32 Å². The molecule has 0 bridgehead atoms. The zero-order chi connectivity index (χ0) is 20.6. The van der Waals surface area contributed by atoms with Gasteiger partial charge in [-0.05, 0) is 26.0 Å². The highest BCUT2D eigenvalue weighted by Crippen LogP contribution is 2.29. The Bertz CT molecular complexity index is 1020. The Kier molecular flexibility index (Phi) is 5.40. The van der Waals surface area contributed by atoms with Gasteiger partial charge in [0, 0.05) is 21.7 Å². The number of nitrogens with zero attached hydrogens (tertiary/aromatic N) is 3. The van der Waals surface area contributed by atoms with Gasteiger partial charge in [-0.1, -0.05) is 29.3 Å². The summed E-state index contributed by atoms with van der Waals surface area (Å²) in [6, 6.07) is 5.77. The number of hydrogen-bond donors (Lipinski definition) is 2. The van der Waals surface area contributed by atoms with E-state index in [9.17, 15) is 18.0 Å². The summed E-state index contributed by atoms with van der Waals surface area (Å²) in [5, 5.41) is 13.1. The summed E-state index contributed by atoms with van der Waals surface area (Å²) in [4.78, 5) is 12.3. The lowest BCUT2D eigenvalue weighted by Crippen LogP contribution is -2.14. The molecule has 0 aliphatic rings. The maximum Gasteiger partial charge on any atom is 0.432 e. The summed E-state index contributed by atoms with van der Waals surface area (Å²) in [5.74, 6) is -0.784. The summed E-state index contributed by atoms with van der Waals surface area (Å²) in [6.45, 7) is 3.65. The van der Waals surface area contributed by atoms with E-state index in [0.29, 0.717) is 38.8 Å². The Balaban J connectivity index is 1.84. The van der Waals surface area contributed by atoms with E-state index in [1.807, 2.05) is 0 Å². The quantitative estimate of drug-likeness (QED) is 0.619. The second-order valence-electron chi connectivity index (χ2n) is 6.02. The molecule has 0 saturated heterocycles. The van der Waals surface area contributed by atoms with Crippen molar-refractivity contribution in [3.05, 3.63) is 62.6 Å². The fourth-order valence-electron chi connectivity index (χ4n) is 2.63. The van der Waals surface area contributed by atoms with Crippen LogP contribution in [0.15, 0.2) is 24.3 Å². The van der Waals surface area contributed by atoms with Crippen LogP contribution in [0.25, 0.3) is 0 Å². The third-order valence-electron chi connectivity index (χ3n) is 4.11. The number of halogens is 5. The van der Waals surface area contributed by atoms with Crippen molar-refractivity contribution < 1.29 is 18.0 Å². The third-order valence-corrected chi connectivity index (χ3v) is 4.81. The van der Waals surface area contributed by atoms with Gasteiger partial charge in [-0.15, -0.1) is 0 Å². The summed E-state index contributed by atoms with van der Waals surface area (Å²) in [5.41, 5.74) is 0.637. The van der Waals surface area contributed by atoms with Gasteiger partial charge in [-0.25, -0.2) is 0 Å². The number of carbonyl (C=O) groups excluding carboxylic acids is 1. The molecule has 6 nitrogen and oxygen atoms in total. The average molecular weight is 432 g/mol. The number of carbonyl (C=O) groups is 1. The molecule has 28 heavy (non-hydrogen) atoms. The number of aromatic nitrogens is 4. The SMILES string of the molecule is Cc1nn(Cc2c(Cl)cccc2Cl)c(C)c1NC(=O)c1cc(C(F)(F)F)[nH]n1. The van der Waals surface area contributed by atoms with E-state index < -0.39 is 17.8 Å². The highest BCUT2D eigenvalue weighted by molar-refractivity contribution is 6.35. The lowest BCUT2D eigenvalue weighted by molar-refractivity contribution is -0.141. The van der Waals surface area contributed by atoms with E-state index >= 15 is 0 Å². The number of anilines is 1. The number of rotatable bonds is 4. The van der Waals surface area contributed by atoms with Crippen molar-refractivity contribution in [3.63, 3.8) is 0 Å². The Morgan fingerprint density at radius 2 is 1.89 bits per heavy atom. The maximum atomic E-state index is 12.7. The van der Waals surface area contributed by atoms with Gasteiger partial charge in [0.1, 0.15) is 5.69 Å². The number of aryl methyl sites for hydroxylation is 1. The molecule has 0 atom stereocenters. The van der Waals surface area contributed by atoms with E-state index in [1.54, 1.807) is 41.8 Å². The molecule has 0 spiro atoms. The Morgan fingerprint density at radius 1 is 1.25 bits per heavy atom. The zero-order valence-electron chi connectivity index (χ0n) is 14.7. The molecule has 2 aromatic heterocycles. The van der Waals surface area contributed by atoms with Crippen molar-refractivity contribution in [2.24, 2.45) is 0 Å². The van der Waals surface area contributed by atoms with Gasteiger partial charge in [0.05, 0.1) is 23.6 Å². The molecule has 148 valence electrons. The molecule has 0 aliphatic heterocycles. The van der Waals surface area contributed by atoms with Crippen molar-refractivity contribution >= 4 is 34.8 Å². The summed E-state index contributed by atoms with van der Waals surface area (Å²) >= 11 is 12.4. The van der Waals surface area contributed by atoms with Gasteiger partial charge in [0.2, 0.25) is 0 Å². The molecule has 11 heteroatoms. The highest BCUT2D eigenvalue weighted by Gasteiger charge is 2.34. The van der Waals surface area contributed by atoms with Crippen LogP contribution in [0.3, 0.4) is 0 Å². The number of hydrogen-bond acceptors (Lipinski definition) is 3. The molecular formula is C17H14Cl2F3N5O. The number of alkyl halides is 3. The second-order valence-corrected chi connectivity index (χ2v) is 6.84. The van der Waals surface area contributed by atoms with Crippen LogP contribution in [0, 0.1) is 13.8 Å². The number of benzene rings is 1. The summed E-state index contributed by atoms with van der Waals surface area (Å²) in [6.07, 6.45) is -4.61. The maximum absolute atomic E-state index is 12.7. The number of amides is 1. The smallest absolute Gasteiger partial charge is 0.317 e. The van der Waals surface area contributed by atoms with Crippen LogP contribution in [0.5, 0.6) is 0 Å². The fourth-order valence-corrected chi connectivity index (χ4v) is 3.14. The minimum atomic E-state index is -4.61. The summed E-state index contributed by atoms with van der Waals surface area (Å²) in [7, 11) is 0. The van der Waals surface area contributed by atoms with E-state index in [1.165, 1.54) is 0 Å². The average Bonchev–Trinajstić information content (AvgIpc) is 3.19. The van der Waals surface area contributed by atoms with Crippen LogP contribution in [0.2, 0.25) is 10.0 Å². The molecule has 3 rings (SSSR count). The van der Waals surface area contributed by atoms with Gasteiger partial charge < -0.3 is 5.32 Å². The first-order valence-electron chi connectivity index (χ1n) is 7.98. The molecule has 0 unspecified atom stereocenters. The summed E-state index contributed by atoms with van der Waals surface area (Å²) < 4.78 is 39.6. The van der Waals surface area contributed by atoms with Gasteiger partial charge in [-0.2, -0.15) is 23.4 Å². The lowest BCUT2D eigenvalue weighted by atomic mass is 10.2. The molecule has 0 fully saturated rings. The van der Waals surface area contributed by atoms with Gasteiger partial charge in [0.15, 0.2) is 5.69 Å². The first kappa shape index (κ1) is 20.2. The van der Waals surface area contributed by atoms with Gasteiger partial charge in [0.25, 0.3) is 5.91 Å². The Morgan fingerprint density at radius 3 is 2.46 bits per heavy atom. The largest absolute Gasteiger partial charge is 0.432 e. The number of H-pyrrole nitrogens is 1.